The topological polar surface area (TPSA) is 83.6 Å². The predicted octanol–water partition coefficient (Wildman–Crippen LogP) is 4.44. The molecule has 0 aliphatic carbocycles. The second-order valence-corrected chi connectivity index (χ2v) is 7.87. The number of thioether (sulfide) groups is 1. The van der Waals surface area contributed by atoms with Crippen molar-refractivity contribution < 1.29 is 19.1 Å². The Labute approximate surface area is 175 Å². The summed E-state index contributed by atoms with van der Waals surface area (Å²) in [5.74, 6) is -0.216. The molecule has 6 nitrogen and oxygen atoms in total. The van der Waals surface area contributed by atoms with Crippen LogP contribution in [0, 0.1) is 0 Å². The van der Waals surface area contributed by atoms with Gasteiger partial charge in [0.2, 0.25) is 0 Å². The molecule has 1 fully saturated rings. The number of aromatic carboxylic acids is 1. The minimum absolute atomic E-state index is 0.0392. The van der Waals surface area contributed by atoms with Crippen LogP contribution in [0.15, 0.2) is 70.1 Å². The Balaban J connectivity index is 1.52. The number of carbonyl (C=O) groups is 2. The maximum atomic E-state index is 12.7. The zero-order valence-corrected chi connectivity index (χ0v) is 16.6. The number of aromatic nitrogens is 1. The fraction of sp³-hybridized carbons (Fsp3) is 0.0476. The Kier molecular flexibility index (Phi) is 5.28. The summed E-state index contributed by atoms with van der Waals surface area (Å²) in [6, 6.07) is 16.2. The number of hydrogen-bond donors (Lipinski definition) is 1. The van der Waals surface area contributed by atoms with Crippen molar-refractivity contribution in [3.8, 4) is 11.3 Å². The highest BCUT2D eigenvalue weighted by Gasteiger charge is 2.32. The summed E-state index contributed by atoms with van der Waals surface area (Å²) in [6.07, 6.45) is 3.10. The molecule has 1 saturated heterocycles. The van der Waals surface area contributed by atoms with Crippen LogP contribution in [0.25, 0.3) is 17.4 Å². The van der Waals surface area contributed by atoms with Gasteiger partial charge in [0, 0.05) is 17.8 Å². The number of nitrogens with zero attached hydrogens (tertiary/aromatic N) is 2. The molecule has 3 heterocycles. The lowest BCUT2D eigenvalue weighted by atomic mass is 10.2. The molecule has 8 heteroatoms. The van der Waals surface area contributed by atoms with E-state index in [2.05, 4.69) is 4.98 Å². The Morgan fingerprint density at radius 2 is 1.97 bits per heavy atom. The van der Waals surface area contributed by atoms with Gasteiger partial charge in [0.05, 0.1) is 11.4 Å². The molecule has 0 atom stereocenters. The molecule has 1 aliphatic rings. The molecule has 0 unspecified atom stereocenters. The predicted molar refractivity (Wildman–Crippen MR) is 114 cm³/mol. The van der Waals surface area contributed by atoms with E-state index in [1.165, 1.54) is 24.0 Å². The zero-order valence-electron chi connectivity index (χ0n) is 14.9. The molecule has 0 saturated carbocycles. The minimum atomic E-state index is -1.09. The molecule has 3 aromatic rings. The van der Waals surface area contributed by atoms with Crippen molar-refractivity contribution in [1.29, 1.82) is 0 Å². The SMILES string of the molecule is O=C(O)c1ccc(-c2ccc(/C=C3\SC(=S)N(Cc4ccccc4)C3=O)o2)cn1. The van der Waals surface area contributed by atoms with Gasteiger partial charge < -0.3 is 9.52 Å². The second kappa shape index (κ2) is 8.02. The Morgan fingerprint density at radius 3 is 2.66 bits per heavy atom. The molecule has 0 spiro atoms. The van der Waals surface area contributed by atoms with Crippen molar-refractivity contribution in [2.75, 3.05) is 0 Å². The van der Waals surface area contributed by atoms with Gasteiger partial charge in [-0.15, -0.1) is 0 Å². The number of furan rings is 1. The summed E-state index contributed by atoms with van der Waals surface area (Å²) < 4.78 is 6.28. The molecular weight excluding hydrogens is 408 g/mol. The number of hydrogen-bond acceptors (Lipinski definition) is 6. The van der Waals surface area contributed by atoms with Crippen LogP contribution < -0.4 is 0 Å². The van der Waals surface area contributed by atoms with Gasteiger partial charge in [-0.2, -0.15) is 0 Å². The lowest BCUT2D eigenvalue weighted by Gasteiger charge is -2.14. The second-order valence-electron chi connectivity index (χ2n) is 6.19. The average molecular weight is 422 g/mol. The van der Waals surface area contributed by atoms with E-state index in [1.807, 2.05) is 30.3 Å². The molecule has 1 amide bonds. The lowest BCUT2D eigenvalue weighted by molar-refractivity contribution is -0.122. The molecule has 144 valence electrons. The van der Waals surface area contributed by atoms with Crippen LogP contribution >= 0.6 is 24.0 Å². The van der Waals surface area contributed by atoms with Crippen molar-refractivity contribution in [2.45, 2.75) is 6.54 Å². The first-order valence-electron chi connectivity index (χ1n) is 8.60. The zero-order chi connectivity index (χ0) is 20.4. The number of benzene rings is 1. The van der Waals surface area contributed by atoms with E-state index in [-0.39, 0.29) is 11.6 Å². The van der Waals surface area contributed by atoms with Crippen LogP contribution in [0.5, 0.6) is 0 Å². The van der Waals surface area contributed by atoms with Gasteiger partial charge >= 0.3 is 5.97 Å². The van der Waals surface area contributed by atoms with Gasteiger partial charge in [-0.3, -0.25) is 9.69 Å². The fourth-order valence-corrected chi connectivity index (χ4v) is 4.02. The summed E-state index contributed by atoms with van der Waals surface area (Å²) in [6.45, 7) is 0.424. The third-order valence-electron chi connectivity index (χ3n) is 4.22. The van der Waals surface area contributed by atoms with Gasteiger partial charge in [0.15, 0.2) is 0 Å². The monoisotopic (exact) mass is 422 g/mol. The maximum Gasteiger partial charge on any atom is 0.354 e. The molecule has 1 aliphatic heterocycles. The van der Waals surface area contributed by atoms with E-state index >= 15 is 0 Å². The highest BCUT2D eigenvalue weighted by atomic mass is 32.2. The van der Waals surface area contributed by atoms with E-state index in [0.29, 0.717) is 32.9 Å². The highest BCUT2D eigenvalue weighted by Crippen LogP contribution is 2.34. The Hall–Kier alpha value is -3.23. The van der Waals surface area contributed by atoms with Gasteiger partial charge in [-0.05, 0) is 29.8 Å². The fourth-order valence-electron chi connectivity index (χ4n) is 2.78. The number of carboxylic acid groups (broad SMARTS) is 1. The van der Waals surface area contributed by atoms with Crippen molar-refractivity contribution in [3.63, 3.8) is 0 Å². The van der Waals surface area contributed by atoms with Crippen LogP contribution in [-0.4, -0.2) is 31.2 Å². The molecular formula is C21H14N2O4S2. The van der Waals surface area contributed by atoms with Crippen LogP contribution in [0.2, 0.25) is 0 Å². The van der Waals surface area contributed by atoms with Gasteiger partial charge in [0.25, 0.3) is 5.91 Å². The van der Waals surface area contributed by atoms with E-state index in [0.717, 1.165) is 5.56 Å². The van der Waals surface area contributed by atoms with Gasteiger partial charge in [0.1, 0.15) is 21.5 Å². The van der Waals surface area contributed by atoms with Crippen molar-refractivity contribution in [1.82, 2.24) is 9.88 Å². The van der Waals surface area contributed by atoms with Crippen molar-refractivity contribution in [3.05, 3.63) is 82.7 Å². The van der Waals surface area contributed by atoms with Gasteiger partial charge in [-0.1, -0.05) is 54.3 Å². The highest BCUT2D eigenvalue weighted by molar-refractivity contribution is 8.26. The van der Waals surface area contributed by atoms with Crippen LogP contribution in [0.1, 0.15) is 21.8 Å². The third kappa shape index (κ3) is 4.13. The number of amides is 1. The summed E-state index contributed by atoms with van der Waals surface area (Å²) in [4.78, 5) is 29.6. The molecule has 0 bridgehead atoms. The average Bonchev–Trinajstić information content (AvgIpc) is 3.29. The number of carboxylic acids is 1. The summed E-state index contributed by atoms with van der Waals surface area (Å²) in [5, 5.41) is 8.93. The van der Waals surface area contributed by atoms with Crippen LogP contribution in [0.4, 0.5) is 0 Å². The number of rotatable bonds is 5. The summed E-state index contributed by atoms with van der Waals surface area (Å²) in [5.41, 5.74) is 1.61. The molecule has 29 heavy (non-hydrogen) atoms. The summed E-state index contributed by atoms with van der Waals surface area (Å²) in [7, 11) is 0. The van der Waals surface area contributed by atoms with E-state index in [9.17, 15) is 9.59 Å². The number of pyridine rings is 1. The van der Waals surface area contributed by atoms with E-state index in [1.54, 1.807) is 29.2 Å². The van der Waals surface area contributed by atoms with Crippen LogP contribution in [0.3, 0.4) is 0 Å². The van der Waals surface area contributed by atoms with E-state index in [4.69, 9.17) is 21.7 Å². The molecule has 1 N–H and O–H groups in total. The minimum Gasteiger partial charge on any atom is -0.477 e. The Morgan fingerprint density at radius 1 is 1.17 bits per heavy atom. The quantitative estimate of drug-likeness (QED) is 0.481. The molecule has 2 aromatic heterocycles. The standard InChI is InChI=1S/C21H14N2O4S2/c24-19-18(29-21(28)23(19)12-13-4-2-1-3-5-13)10-15-7-9-17(27-15)14-6-8-16(20(25)26)22-11-14/h1-11H,12H2,(H,25,26)/b18-10-. The number of carbonyl (C=O) groups excluding carboxylic acids is 1. The lowest BCUT2D eigenvalue weighted by Crippen LogP contribution is -2.27. The normalized spacial score (nSPS) is 15.3. The van der Waals surface area contributed by atoms with E-state index < -0.39 is 5.97 Å². The largest absolute Gasteiger partial charge is 0.477 e. The first-order chi connectivity index (χ1) is 14.0. The first kappa shape index (κ1) is 19.1. The maximum absolute atomic E-state index is 12.7. The van der Waals surface area contributed by atoms with Crippen LogP contribution in [-0.2, 0) is 11.3 Å². The van der Waals surface area contributed by atoms with Crippen molar-refractivity contribution >= 4 is 46.3 Å². The van der Waals surface area contributed by atoms with Gasteiger partial charge in [-0.25, -0.2) is 9.78 Å². The number of thiocarbonyl (C=S) groups is 1. The molecule has 0 radical (unpaired) electrons. The third-order valence-corrected chi connectivity index (χ3v) is 5.60. The molecule has 4 rings (SSSR count). The molecule has 1 aromatic carbocycles. The summed E-state index contributed by atoms with van der Waals surface area (Å²) >= 11 is 6.60. The first-order valence-corrected chi connectivity index (χ1v) is 9.82. The Bertz CT molecular complexity index is 1120. The smallest absolute Gasteiger partial charge is 0.354 e. The van der Waals surface area contributed by atoms with Crippen molar-refractivity contribution in [2.24, 2.45) is 0 Å².